The first-order valence-corrected chi connectivity index (χ1v) is 5.13. The molecule has 0 aliphatic carbocycles. The molecular formula is C12H30O2Ti. The Bertz CT molecular complexity index is 66.0. The maximum absolute atomic E-state index is 3.73. The van der Waals surface area contributed by atoms with Gasteiger partial charge >= 0.3 is 21.7 Å². The number of hydrogen-bond donors (Lipinski definition) is 0. The molecule has 0 aromatic rings. The van der Waals surface area contributed by atoms with Crippen molar-refractivity contribution in [1.29, 1.82) is 0 Å². The Balaban J connectivity index is -0.0000000370. The van der Waals surface area contributed by atoms with Crippen molar-refractivity contribution < 1.29 is 32.7 Å². The van der Waals surface area contributed by atoms with E-state index in [2.05, 4.69) is 41.5 Å². The minimum atomic E-state index is 0. The molecule has 0 rings (SSSR count). The van der Waals surface area contributed by atoms with Crippen LogP contribution in [0.15, 0.2) is 0 Å². The molecule has 0 unspecified atom stereocenters. The first-order valence-electron chi connectivity index (χ1n) is 5.13. The number of hydrogen-bond acceptors (Lipinski definition) is 0. The molecule has 0 radical (unpaired) electrons. The van der Waals surface area contributed by atoms with Crippen LogP contribution < -0.4 is 0 Å². The molecule has 0 bridgehead atoms. The third-order valence-electron chi connectivity index (χ3n) is 1.56. The Hall–Kier alpha value is 0.634. The normalized spacial score (nSPS) is 8.00. The Labute approximate surface area is 112 Å². The van der Waals surface area contributed by atoms with E-state index in [0.29, 0.717) is 0 Å². The number of rotatable bonds is 4. The first-order chi connectivity index (χ1) is 5.54. The summed E-state index contributed by atoms with van der Waals surface area (Å²) in [7, 11) is 0. The summed E-state index contributed by atoms with van der Waals surface area (Å²) in [6.45, 7) is 16.3. The van der Waals surface area contributed by atoms with Gasteiger partial charge in [-0.25, -0.2) is 0 Å². The molecule has 0 atom stereocenters. The predicted octanol–water partition coefficient (Wildman–Crippen LogP) is 2.86. The summed E-state index contributed by atoms with van der Waals surface area (Å²) in [5.74, 6) is 1.67. The van der Waals surface area contributed by atoms with Gasteiger partial charge in [-0.2, -0.15) is 12.8 Å². The van der Waals surface area contributed by atoms with Gasteiger partial charge in [0.05, 0.1) is 0 Å². The molecular weight excluding hydrogens is 224 g/mol. The monoisotopic (exact) mass is 254 g/mol. The van der Waals surface area contributed by atoms with Crippen LogP contribution in [-0.4, -0.2) is 11.0 Å². The van der Waals surface area contributed by atoms with Crippen molar-refractivity contribution in [2.75, 3.05) is 0 Å². The first kappa shape index (κ1) is 29.6. The standard InChI is InChI=1S/2C6H13.2H2O.Ti/c2*1-4-5-6(2)3;;;/h2*6H,1,4-5H2,2-3H3;2*1H2;/q2*-1;;;+2. The Kier molecular flexibility index (Phi) is 47.5. The van der Waals surface area contributed by atoms with E-state index in [-0.39, 0.29) is 32.7 Å². The summed E-state index contributed by atoms with van der Waals surface area (Å²) in [5, 5.41) is 0. The zero-order valence-electron chi connectivity index (χ0n) is 10.9. The molecule has 94 valence electrons. The minimum Gasteiger partial charge on any atom is -0.412 e. The van der Waals surface area contributed by atoms with Crippen LogP contribution in [-0.2, 0) is 21.7 Å². The van der Waals surface area contributed by atoms with E-state index in [1.54, 1.807) is 0 Å². The van der Waals surface area contributed by atoms with Gasteiger partial charge in [0.1, 0.15) is 0 Å². The van der Waals surface area contributed by atoms with Crippen molar-refractivity contribution in [3.8, 4) is 0 Å². The summed E-state index contributed by atoms with van der Waals surface area (Å²) in [6.07, 6.45) is 4.69. The van der Waals surface area contributed by atoms with Gasteiger partial charge in [0.2, 0.25) is 0 Å². The quantitative estimate of drug-likeness (QED) is 0.547. The molecule has 0 saturated carbocycles. The molecule has 0 aliphatic heterocycles. The minimum absolute atomic E-state index is 0. The van der Waals surface area contributed by atoms with Crippen LogP contribution >= 0.6 is 0 Å². The summed E-state index contributed by atoms with van der Waals surface area (Å²) >= 11 is 0. The summed E-state index contributed by atoms with van der Waals surface area (Å²) in [4.78, 5) is 0. The van der Waals surface area contributed by atoms with E-state index < -0.39 is 0 Å². The van der Waals surface area contributed by atoms with E-state index in [9.17, 15) is 0 Å². The van der Waals surface area contributed by atoms with Crippen LogP contribution in [0.25, 0.3) is 0 Å². The molecule has 2 nitrogen and oxygen atoms in total. The zero-order valence-corrected chi connectivity index (χ0v) is 12.5. The van der Waals surface area contributed by atoms with Crippen LogP contribution in [0.2, 0.25) is 0 Å². The fourth-order valence-electron chi connectivity index (χ4n) is 0.816. The third-order valence-corrected chi connectivity index (χ3v) is 1.56. The van der Waals surface area contributed by atoms with E-state index in [1.807, 2.05) is 0 Å². The van der Waals surface area contributed by atoms with Crippen LogP contribution in [0.4, 0.5) is 0 Å². The molecule has 0 saturated heterocycles. The van der Waals surface area contributed by atoms with Gasteiger partial charge in [-0.3, -0.25) is 0 Å². The summed E-state index contributed by atoms with van der Waals surface area (Å²) in [5.41, 5.74) is 0. The molecule has 0 amide bonds. The van der Waals surface area contributed by atoms with Gasteiger partial charge < -0.3 is 24.8 Å². The smallest absolute Gasteiger partial charge is 0.412 e. The second-order valence-electron chi connectivity index (χ2n) is 4.07. The van der Waals surface area contributed by atoms with Crippen molar-refractivity contribution in [3.63, 3.8) is 0 Å². The molecule has 4 N–H and O–H groups in total. The average Bonchev–Trinajstić information content (AvgIpc) is 1.87. The molecule has 15 heavy (non-hydrogen) atoms. The van der Waals surface area contributed by atoms with Crippen LogP contribution in [0.1, 0.15) is 53.4 Å². The van der Waals surface area contributed by atoms with Gasteiger partial charge in [-0.15, -0.1) is 0 Å². The van der Waals surface area contributed by atoms with Crippen molar-refractivity contribution in [2.45, 2.75) is 53.4 Å². The van der Waals surface area contributed by atoms with Gasteiger partial charge in [0, 0.05) is 0 Å². The van der Waals surface area contributed by atoms with Gasteiger partial charge in [-0.05, 0) is 11.8 Å². The molecule has 3 heteroatoms. The summed E-state index contributed by atoms with van der Waals surface area (Å²) in [6, 6.07) is 0. The van der Waals surface area contributed by atoms with Gasteiger partial charge in [0.25, 0.3) is 0 Å². The molecule has 0 spiro atoms. The Morgan fingerprint density at radius 3 is 0.933 bits per heavy atom. The average molecular weight is 254 g/mol. The molecule has 0 aromatic carbocycles. The van der Waals surface area contributed by atoms with E-state index in [4.69, 9.17) is 0 Å². The second-order valence-corrected chi connectivity index (χ2v) is 4.07. The van der Waals surface area contributed by atoms with E-state index in [0.717, 1.165) is 24.7 Å². The van der Waals surface area contributed by atoms with Crippen molar-refractivity contribution >= 4 is 0 Å². The van der Waals surface area contributed by atoms with Gasteiger partial charge in [-0.1, -0.05) is 40.5 Å². The Morgan fingerprint density at radius 1 is 0.733 bits per heavy atom. The summed E-state index contributed by atoms with van der Waals surface area (Å²) < 4.78 is 0. The molecule has 0 fully saturated rings. The predicted molar refractivity (Wildman–Crippen MR) is 66.1 cm³/mol. The van der Waals surface area contributed by atoms with Crippen LogP contribution in [0, 0.1) is 25.7 Å². The van der Waals surface area contributed by atoms with Crippen molar-refractivity contribution in [1.82, 2.24) is 0 Å². The molecule has 0 aromatic heterocycles. The zero-order chi connectivity index (χ0) is 9.98. The molecule has 0 heterocycles. The SMILES string of the molecule is O.O.[CH2-]CCC(C)C.[CH2-]CCC(C)C.[Ti+2]. The van der Waals surface area contributed by atoms with Crippen molar-refractivity contribution in [3.05, 3.63) is 13.8 Å². The van der Waals surface area contributed by atoms with Crippen LogP contribution in [0.5, 0.6) is 0 Å². The third kappa shape index (κ3) is 53.1. The fourth-order valence-corrected chi connectivity index (χ4v) is 0.816. The maximum atomic E-state index is 3.73. The van der Waals surface area contributed by atoms with E-state index in [1.165, 1.54) is 12.8 Å². The fraction of sp³-hybridized carbons (Fsp3) is 0.833. The van der Waals surface area contributed by atoms with Crippen molar-refractivity contribution in [2.24, 2.45) is 11.8 Å². The topological polar surface area (TPSA) is 63.0 Å². The van der Waals surface area contributed by atoms with Crippen LogP contribution in [0.3, 0.4) is 0 Å². The Morgan fingerprint density at radius 2 is 0.933 bits per heavy atom. The second kappa shape index (κ2) is 24.1. The maximum Gasteiger partial charge on any atom is 2.00 e. The largest absolute Gasteiger partial charge is 2.00 e. The van der Waals surface area contributed by atoms with Gasteiger partial charge in [0.15, 0.2) is 0 Å². The molecule has 0 aliphatic rings. The van der Waals surface area contributed by atoms with E-state index >= 15 is 0 Å².